The second kappa shape index (κ2) is 3.44. The summed E-state index contributed by atoms with van der Waals surface area (Å²) in [7, 11) is 0. The van der Waals surface area contributed by atoms with E-state index in [0.29, 0.717) is 6.54 Å². The van der Waals surface area contributed by atoms with Crippen LogP contribution in [0.15, 0.2) is 0 Å². The zero-order valence-electron chi connectivity index (χ0n) is 8.18. The maximum absolute atomic E-state index is 11.2. The lowest BCUT2D eigenvalue weighted by atomic mass is 10.1. The van der Waals surface area contributed by atoms with Gasteiger partial charge in [-0.25, -0.2) is 0 Å². The Bertz CT molecular complexity index is 172. The SMILES string of the molecule is CC(C)(C)N1CCCNC(=O)C1. The summed E-state index contributed by atoms with van der Waals surface area (Å²) in [6, 6.07) is 0. The number of amides is 1. The molecule has 1 aliphatic rings. The van der Waals surface area contributed by atoms with Gasteiger partial charge in [-0.1, -0.05) is 0 Å². The Morgan fingerprint density at radius 1 is 1.42 bits per heavy atom. The first kappa shape index (κ1) is 9.52. The number of hydrogen-bond acceptors (Lipinski definition) is 2. The van der Waals surface area contributed by atoms with Crippen LogP contribution in [0.25, 0.3) is 0 Å². The van der Waals surface area contributed by atoms with E-state index in [4.69, 9.17) is 0 Å². The molecule has 0 bridgehead atoms. The molecule has 12 heavy (non-hydrogen) atoms. The Morgan fingerprint density at radius 3 is 2.67 bits per heavy atom. The van der Waals surface area contributed by atoms with Gasteiger partial charge < -0.3 is 5.32 Å². The molecule has 70 valence electrons. The highest BCUT2D eigenvalue weighted by Gasteiger charge is 2.24. The Hall–Kier alpha value is -0.570. The summed E-state index contributed by atoms with van der Waals surface area (Å²) >= 11 is 0. The van der Waals surface area contributed by atoms with E-state index < -0.39 is 0 Å². The lowest BCUT2D eigenvalue weighted by Gasteiger charge is -2.33. The average molecular weight is 170 g/mol. The van der Waals surface area contributed by atoms with Crippen LogP contribution in [-0.2, 0) is 4.79 Å². The first-order chi connectivity index (χ1) is 5.50. The van der Waals surface area contributed by atoms with E-state index in [-0.39, 0.29) is 11.4 Å². The van der Waals surface area contributed by atoms with Crippen molar-refractivity contribution in [3.05, 3.63) is 0 Å². The second-order valence-electron chi connectivity index (χ2n) is 4.30. The molecular formula is C9H18N2O. The molecule has 1 aliphatic heterocycles. The molecule has 0 spiro atoms. The molecule has 3 heteroatoms. The molecule has 1 N–H and O–H groups in total. The summed E-state index contributed by atoms with van der Waals surface area (Å²) in [5.74, 6) is 0.155. The summed E-state index contributed by atoms with van der Waals surface area (Å²) in [6.07, 6.45) is 1.06. The molecule has 0 aromatic carbocycles. The van der Waals surface area contributed by atoms with Gasteiger partial charge in [0.15, 0.2) is 0 Å². The number of hydrogen-bond donors (Lipinski definition) is 1. The van der Waals surface area contributed by atoms with E-state index in [0.717, 1.165) is 19.5 Å². The third kappa shape index (κ3) is 2.48. The van der Waals surface area contributed by atoms with Crippen molar-refractivity contribution in [3.63, 3.8) is 0 Å². The molecule has 0 aromatic heterocycles. The maximum atomic E-state index is 11.2. The van der Waals surface area contributed by atoms with Gasteiger partial charge in [-0.2, -0.15) is 0 Å². The highest BCUT2D eigenvalue weighted by Crippen LogP contribution is 2.13. The Kier molecular flexibility index (Phi) is 2.73. The molecule has 0 saturated carbocycles. The van der Waals surface area contributed by atoms with E-state index in [2.05, 4.69) is 31.0 Å². The van der Waals surface area contributed by atoms with Gasteiger partial charge in [-0.05, 0) is 27.2 Å². The zero-order chi connectivity index (χ0) is 9.19. The number of nitrogens with zero attached hydrogens (tertiary/aromatic N) is 1. The molecule has 1 heterocycles. The highest BCUT2D eigenvalue weighted by molar-refractivity contribution is 5.78. The molecule has 1 amide bonds. The lowest BCUT2D eigenvalue weighted by Crippen LogP contribution is -2.45. The van der Waals surface area contributed by atoms with E-state index >= 15 is 0 Å². The topological polar surface area (TPSA) is 32.3 Å². The summed E-state index contributed by atoms with van der Waals surface area (Å²) in [5.41, 5.74) is 0.113. The molecule has 0 aromatic rings. The van der Waals surface area contributed by atoms with E-state index in [9.17, 15) is 4.79 Å². The van der Waals surface area contributed by atoms with Crippen molar-refractivity contribution in [1.82, 2.24) is 10.2 Å². The van der Waals surface area contributed by atoms with Crippen LogP contribution in [0.2, 0.25) is 0 Å². The van der Waals surface area contributed by atoms with Gasteiger partial charge in [0.2, 0.25) is 5.91 Å². The largest absolute Gasteiger partial charge is 0.355 e. The smallest absolute Gasteiger partial charge is 0.234 e. The zero-order valence-corrected chi connectivity index (χ0v) is 8.18. The van der Waals surface area contributed by atoms with Crippen molar-refractivity contribution in [3.8, 4) is 0 Å². The van der Waals surface area contributed by atoms with Crippen molar-refractivity contribution in [2.45, 2.75) is 32.7 Å². The molecule has 1 saturated heterocycles. The van der Waals surface area contributed by atoms with Gasteiger partial charge in [-0.15, -0.1) is 0 Å². The van der Waals surface area contributed by atoms with Crippen LogP contribution in [0.3, 0.4) is 0 Å². The fourth-order valence-corrected chi connectivity index (χ4v) is 1.38. The Labute approximate surface area is 74.1 Å². The van der Waals surface area contributed by atoms with Crippen molar-refractivity contribution in [2.75, 3.05) is 19.6 Å². The lowest BCUT2D eigenvalue weighted by molar-refractivity contribution is -0.122. The van der Waals surface area contributed by atoms with Gasteiger partial charge in [0, 0.05) is 18.6 Å². The molecular weight excluding hydrogens is 152 g/mol. The molecule has 0 aliphatic carbocycles. The van der Waals surface area contributed by atoms with Crippen molar-refractivity contribution >= 4 is 5.91 Å². The Balaban J connectivity index is 2.58. The van der Waals surface area contributed by atoms with Gasteiger partial charge in [0.25, 0.3) is 0 Å². The minimum Gasteiger partial charge on any atom is -0.355 e. The monoisotopic (exact) mass is 170 g/mol. The Morgan fingerprint density at radius 2 is 2.08 bits per heavy atom. The number of nitrogens with one attached hydrogen (secondary N) is 1. The van der Waals surface area contributed by atoms with E-state index in [1.165, 1.54) is 0 Å². The third-order valence-electron chi connectivity index (χ3n) is 2.21. The predicted molar refractivity (Wildman–Crippen MR) is 49.0 cm³/mol. The molecule has 1 fully saturated rings. The standard InChI is InChI=1S/C9H18N2O/c1-9(2,3)11-6-4-5-10-8(12)7-11/h4-7H2,1-3H3,(H,10,12). The van der Waals surface area contributed by atoms with Crippen LogP contribution < -0.4 is 5.32 Å². The van der Waals surface area contributed by atoms with E-state index in [1.807, 2.05) is 0 Å². The number of rotatable bonds is 0. The quantitative estimate of drug-likeness (QED) is 0.577. The van der Waals surface area contributed by atoms with Gasteiger partial charge in [0.05, 0.1) is 6.54 Å². The molecule has 1 rings (SSSR count). The van der Waals surface area contributed by atoms with Crippen molar-refractivity contribution in [2.24, 2.45) is 0 Å². The van der Waals surface area contributed by atoms with Crippen molar-refractivity contribution in [1.29, 1.82) is 0 Å². The van der Waals surface area contributed by atoms with E-state index in [1.54, 1.807) is 0 Å². The highest BCUT2D eigenvalue weighted by atomic mass is 16.2. The van der Waals surface area contributed by atoms with Crippen molar-refractivity contribution < 1.29 is 4.79 Å². The van der Waals surface area contributed by atoms with Gasteiger partial charge >= 0.3 is 0 Å². The number of carbonyl (C=O) groups is 1. The first-order valence-corrected chi connectivity index (χ1v) is 4.52. The van der Waals surface area contributed by atoms with Crippen LogP contribution in [0.5, 0.6) is 0 Å². The maximum Gasteiger partial charge on any atom is 0.234 e. The molecule has 0 atom stereocenters. The van der Waals surface area contributed by atoms with Crippen LogP contribution in [-0.4, -0.2) is 36.0 Å². The molecule has 0 unspecified atom stereocenters. The minimum absolute atomic E-state index is 0.113. The normalized spacial score (nSPS) is 21.8. The van der Waals surface area contributed by atoms with Gasteiger partial charge in [-0.3, -0.25) is 9.69 Å². The summed E-state index contributed by atoms with van der Waals surface area (Å²) in [4.78, 5) is 13.4. The first-order valence-electron chi connectivity index (χ1n) is 4.52. The number of carbonyl (C=O) groups excluding carboxylic acids is 1. The van der Waals surface area contributed by atoms with Crippen LogP contribution in [0.1, 0.15) is 27.2 Å². The second-order valence-corrected chi connectivity index (χ2v) is 4.30. The fourth-order valence-electron chi connectivity index (χ4n) is 1.38. The summed E-state index contributed by atoms with van der Waals surface area (Å²) in [5, 5.41) is 2.87. The fraction of sp³-hybridized carbons (Fsp3) is 0.889. The predicted octanol–water partition coefficient (Wildman–Crippen LogP) is 0.607. The average Bonchev–Trinajstić information content (AvgIpc) is 2.11. The van der Waals surface area contributed by atoms with Crippen LogP contribution in [0.4, 0.5) is 0 Å². The molecule has 0 radical (unpaired) electrons. The summed E-state index contributed by atoms with van der Waals surface area (Å²) < 4.78 is 0. The summed E-state index contributed by atoms with van der Waals surface area (Å²) in [6.45, 7) is 8.82. The minimum atomic E-state index is 0.113. The van der Waals surface area contributed by atoms with Gasteiger partial charge in [0.1, 0.15) is 0 Å². The third-order valence-corrected chi connectivity index (χ3v) is 2.21. The van der Waals surface area contributed by atoms with Crippen LogP contribution in [0, 0.1) is 0 Å². The molecule has 3 nitrogen and oxygen atoms in total. The van der Waals surface area contributed by atoms with Crippen LogP contribution >= 0.6 is 0 Å².